The number of piperidine rings is 1. The van der Waals surface area contributed by atoms with E-state index in [0.717, 1.165) is 43.0 Å². The Balaban J connectivity index is 1.60. The van der Waals surface area contributed by atoms with Crippen LogP contribution in [0.2, 0.25) is 0 Å². The summed E-state index contributed by atoms with van der Waals surface area (Å²) < 4.78 is 7.52. The molecule has 0 bridgehead atoms. The van der Waals surface area contributed by atoms with Gasteiger partial charge in [-0.2, -0.15) is 0 Å². The molecular formula is C18H24N4O2. The molecule has 0 N–H and O–H groups in total. The summed E-state index contributed by atoms with van der Waals surface area (Å²) in [5.41, 5.74) is 2.17. The lowest BCUT2D eigenvalue weighted by Crippen LogP contribution is -2.40. The molecule has 1 aliphatic heterocycles. The summed E-state index contributed by atoms with van der Waals surface area (Å²) in [6, 6.07) is 4.19. The van der Waals surface area contributed by atoms with Crippen LogP contribution in [0.4, 0.5) is 0 Å². The molecule has 2 aromatic heterocycles. The van der Waals surface area contributed by atoms with Gasteiger partial charge in [-0.25, -0.2) is 4.98 Å². The molecule has 6 heteroatoms. The van der Waals surface area contributed by atoms with Crippen molar-refractivity contribution in [3.05, 3.63) is 47.8 Å². The summed E-state index contributed by atoms with van der Waals surface area (Å²) in [6.45, 7) is 4.18. The molecular weight excluding hydrogens is 304 g/mol. The number of aryl methyl sites for hydroxylation is 1. The van der Waals surface area contributed by atoms with Gasteiger partial charge in [0.1, 0.15) is 12.4 Å². The van der Waals surface area contributed by atoms with Crippen LogP contribution in [-0.2, 0) is 22.6 Å². The van der Waals surface area contributed by atoms with Gasteiger partial charge in [0, 0.05) is 50.5 Å². The molecule has 1 fully saturated rings. The van der Waals surface area contributed by atoms with Crippen molar-refractivity contribution in [3.8, 4) is 0 Å². The van der Waals surface area contributed by atoms with Crippen LogP contribution in [0.1, 0.15) is 36.0 Å². The van der Waals surface area contributed by atoms with Crippen molar-refractivity contribution in [2.45, 2.75) is 38.8 Å². The van der Waals surface area contributed by atoms with E-state index in [1.807, 2.05) is 23.2 Å². The van der Waals surface area contributed by atoms with Crippen LogP contribution in [0.5, 0.6) is 0 Å². The van der Waals surface area contributed by atoms with Gasteiger partial charge in [-0.05, 0) is 37.5 Å². The summed E-state index contributed by atoms with van der Waals surface area (Å²) in [6.07, 6.45) is 7.72. The fourth-order valence-corrected chi connectivity index (χ4v) is 3.39. The molecule has 0 radical (unpaired) electrons. The number of methoxy groups -OCH3 is 1. The van der Waals surface area contributed by atoms with E-state index in [1.54, 1.807) is 19.5 Å². The normalized spacial score (nSPS) is 15.7. The van der Waals surface area contributed by atoms with Crippen LogP contribution in [0.3, 0.4) is 0 Å². The minimum atomic E-state index is 0.194. The van der Waals surface area contributed by atoms with E-state index in [-0.39, 0.29) is 5.91 Å². The summed E-state index contributed by atoms with van der Waals surface area (Å²) in [7, 11) is 1.69. The SMILES string of the molecule is COCc1ncc(C)n1C1CCN(C(=O)Cc2ccncc2)CC1. The van der Waals surface area contributed by atoms with Crippen LogP contribution in [0.25, 0.3) is 0 Å². The fraction of sp³-hybridized carbons (Fsp3) is 0.500. The first kappa shape index (κ1) is 16.6. The average molecular weight is 328 g/mol. The summed E-state index contributed by atoms with van der Waals surface area (Å²) in [5, 5.41) is 0. The maximum Gasteiger partial charge on any atom is 0.226 e. The second kappa shape index (κ2) is 7.57. The van der Waals surface area contributed by atoms with Crippen molar-refractivity contribution in [3.63, 3.8) is 0 Å². The Hall–Kier alpha value is -2.21. The Kier molecular flexibility index (Phi) is 5.25. The molecule has 3 rings (SSSR count). The van der Waals surface area contributed by atoms with Crippen LogP contribution in [0, 0.1) is 6.92 Å². The van der Waals surface area contributed by atoms with E-state index in [9.17, 15) is 4.79 Å². The number of amides is 1. The molecule has 128 valence electrons. The van der Waals surface area contributed by atoms with Crippen molar-refractivity contribution in [1.29, 1.82) is 0 Å². The summed E-state index contributed by atoms with van der Waals surface area (Å²) >= 11 is 0. The second-order valence-corrected chi connectivity index (χ2v) is 6.26. The van der Waals surface area contributed by atoms with E-state index in [4.69, 9.17) is 4.74 Å². The van der Waals surface area contributed by atoms with Crippen LogP contribution < -0.4 is 0 Å². The van der Waals surface area contributed by atoms with Gasteiger partial charge < -0.3 is 14.2 Å². The first-order valence-corrected chi connectivity index (χ1v) is 8.37. The largest absolute Gasteiger partial charge is 0.377 e. The van der Waals surface area contributed by atoms with Gasteiger partial charge in [-0.1, -0.05) is 0 Å². The third kappa shape index (κ3) is 3.64. The zero-order valence-electron chi connectivity index (χ0n) is 14.3. The van der Waals surface area contributed by atoms with Crippen LogP contribution in [0.15, 0.2) is 30.7 Å². The zero-order chi connectivity index (χ0) is 16.9. The quantitative estimate of drug-likeness (QED) is 0.844. The number of hydrogen-bond acceptors (Lipinski definition) is 4. The number of hydrogen-bond donors (Lipinski definition) is 0. The third-order valence-electron chi connectivity index (χ3n) is 4.62. The first-order valence-electron chi connectivity index (χ1n) is 8.37. The number of carbonyl (C=O) groups excluding carboxylic acids is 1. The molecule has 0 atom stereocenters. The van der Waals surface area contributed by atoms with Gasteiger partial charge in [0.2, 0.25) is 5.91 Å². The molecule has 24 heavy (non-hydrogen) atoms. The molecule has 2 aromatic rings. The Morgan fingerprint density at radius 1 is 1.29 bits per heavy atom. The molecule has 1 saturated heterocycles. The Labute approximate surface area is 142 Å². The van der Waals surface area contributed by atoms with Gasteiger partial charge in [-0.3, -0.25) is 9.78 Å². The molecule has 0 spiro atoms. The standard InChI is InChI=1S/C18H24N4O2/c1-14-12-20-17(13-24-2)22(14)16-5-9-21(10-6-16)18(23)11-15-3-7-19-8-4-15/h3-4,7-8,12,16H,5-6,9-11,13H2,1-2H3. The van der Waals surface area contributed by atoms with Crippen molar-refractivity contribution >= 4 is 5.91 Å². The smallest absolute Gasteiger partial charge is 0.226 e. The minimum absolute atomic E-state index is 0.194. The minimum Gasteiger partial charge on any atom is -0.377 e. The lowest BCUT2D eigenvalue weighted by Gasteiger charge is -2.34. The first-order chi connectivity index (χ1) is 11.7. The summed E-state index contributed by atoms with van der Waals surface area (Å²) in [4.78, 5) is 22.9. The van der Waals surface area contributed by atoms with E-state index in [1.165, 1.54) is 0 Å². The Bertz CT molecular complexity index is 676. The number of rotatable bonds is 5. The maximum atomic E-state index is 12.5. The van der Waals surface area contributed by atoms with Crippen molar-refractivity contribution in [1.82, 2.24) is 19.4 Å². The van der Waals surface area contributed by atoms with E-state index in [0.29, 0.717) is 19.1 Å². The molecule has 3 heterocycles. The molecule has 6 nitrogen and oxygen atoms in total. The predicted octanol–water partition coefficient (Wildman–Crippen LogP) is 2.14. The molecule has 0 aliphatic carbocycles. The van der Waals surface area contributed by atoms with E-state index < -0.39 is 0 Å². The van der Waals surface area contributed by atoms with Crippen LogP contribution >= 0.6 is 0 Å². The van der Waals surface area contributed by atoms with Crippen molar-refractivity contribution in [2.75, 3.05) is 20.2 Å². The number of likely N-dealkylation sites (tertiary alicyclic amines) is 1. The van der Waals surface area contributed by atoms with Crippen molar-refractivity contribution < 1.29 is 9.53 Å². The third-order valence-corrected chi connectivity index (χ3v) is 4.62. The highest BCUT2D eigenvalue weighted by Crippen LogP contribution is 2.26. The highest BCUT2D eigenvalue weighted by Gasteiger charge is 2.26. The number of nitrogens with zero attached hydrogens (tertiary/aromatic N) is 4. The Morgan fingerprint density at radius 3 is 2.67 bits per heavy atom. The van der Waals surface area contributed by atoms with Crippen LogP contribution in [-0.4, -0.2) is 45.5 Å². The van der Waals surface area contributed by atoms with Gasteiger partial charge >= 0.3 is 0 Å². The van der Waals surface area contributed by atoms with Crippen molar-refractivity contribution in [2.24, 2.45) is 0 Å². The molecule has 0 saturated carbocycles. The second-order valence-electron chi connectivity index (χ2n) is 6.26. The lowest BCUT2D eigenvalue weighted by molar-refractivity contribution is -0.131. The lowest BCUT2D eigenvalue weighted by atomic mass is 10.0. The monoisotopic (exact) mass is 328 g/mol. The Morgan fingerprint density at radius 2 is 2.00 bits per heavy atom. The maximum absolute atomic E-state index is 12.5. The van der Waals surface area contributed by atoms with Gasteiger partial charge in [0.05, 0.1) is 6.42 Å². The summed E-state index contributed by atoms with van der Waals surface area (Å²) in [5.74, 6) is 1.16. The van der Waals surface area contributed by atoms with Gasteiger partial charge in [0.15, 0.2) is 0 Å². The highest BCUT2D eigenvalue weighted by molar-refractivity contribution is 5.78. The molecule has 0 unspecified atom stereocenters. The zero-order valence-corrected chi connectivity index (χ0v) is 14.3. The number of aromatic nitrogens is 3. The number of carbonyl (C=O) groups is 1. The van der Waals surface area contributed by atoms with Gasteiger partial charge in [0.25, 0.3) is 0 Å². The van der Waals surface area contributed by atoms with E-state index in [2.05, 4.69) is 21.5 Å². The van der Waals surface area contributed by atoms with Gasteiger partial charge in [-0.15, -0.1) is 0 Å². The highest BCUT2D eigenvalue weighted by atomic mass is 16.5. The number of imidazole rings is 1. The predicted molar refractivity (Wildman–Crippen MR) is 90.5 cm³/mol. The topological polar surface area (TPSA) is 60.2 Å². The van der Waals surface area contributed by atoms with E-state index >= 15 is 0 Å². The molecule has 1 amide bonds. The molecule has 1 aliphatic rings. The fourth-order valence-electron chi connectivity index (χ4n) is 3.39. The number of ether oxygens (including phenoxy) is 1. The molecule has 0 aromatic carbocycles. The number of pyridine rings is 1. The average Bonchev–Trinajstić information content (AvgIpc) is 2.97.